The van der Waals surface area contributed by atoms with Crippen LogP contribution < -0.4 is 5.32 Å². The number of nitrogens with zero attached hydrogens (tertiary/aromatic N) is 2. The van der Waals surface area contributed by atoms with E-state index in [0.29, 0.717) is 17.5 Å². The van der Waals surface area contributed by atoms with Crippen molar-refractivity contribution in [3.63, 3.8) is 0 Å². The number of aromatic nitrogens is 3. The van der Waals surface area contributed by atoms with Gasteiger partial charge in [-0.3, -0.25) is 10.1 Å². The fraction of sp³-hybridized carbons (Fsp3) is 0.250. The Kier molecular flexibility index (Phi) is 4.35. The van der Waals surface area contributed by atoms with Crippen molar-refractivity contribution in [3.8, 4) is 0 Å². The number of aromatic amines is 1. The summed E-state index contributed by atoms with van der Waals surface area (Å²) in [5.41, 5.74) is 0.970. The van der Waals surface area contributed by atoms with Gasteiger partial charge >= 0.3 is 0 Å². The minimum Gasteiger partial charge on any atom is -0.295 e. The Hall–Kier alpha value is -1.82. The minimum atomic E-state index is -0.106. The molecule has 0 saturated heterocycles. The second-order valence-corrected chi connectivity index (χ2v) is 4.84. The van der Waals surface area contributed by atoms with E-state index in [9.17, 15) is 4.79 Å². The Morgan fingerprint density at radius 3 is 2.89 bits per heavy atom. The zero-order valence-corrected chi connectivity index (χ0v) is 10.8. The summed E-state index contributed by atoms with van der Waals surface area (Å²) in [4.78, 5) is 15.9. The average molecular weight is 262 g/mol. The van der Waals surface area contributed by atoms with Gasteiger partial charge < -0.3 is 0 Å². The van der Waals surface area contributed by atoms with Gasteiger partial charge in [-0.2, -0.15) is 4.98 Å². The van der Waals surface area contributed by atoms with Crippen LogP contribution in [0.5, 0.6) is 0 Å². The zero-order chi connectivity index (χ0) is 12.8. The van der Waals surface area contributed by atoms with Gasteiger partial charge in [0.25, 0.3) is 0 Å². The molecule has 0 aliphatic heterocycles. The molecule has 0 aliphatic rings. The van der Waals surface area contributed by atoms with Crippen LogP contribution in [-0.4, -0.2) is 26.8 Å². The first-order valence-corrected chi connectivity index (χ1v) is 6.65. The van der Waals surface area contributed by atoms with Crippen LogP contribution in [0.25, 0.3) is 0 Å². The summed E-state index contributed by atoms with van der Waals surface area (Å²) in [6.07, 6.45) is 0.331. The highest BCUT2D eigenvalue weighted by atomic mass is 32.2. The maximum Gasteiger partial charge on any atom is 0.231 e. The second-order valence-electron chi connectivity index (χ2n) is 3.61. The molecule has 0 atom stereocenters. The highest BCUT2D eigenvalue weighted by Gasteiger charge is 2.07. The monoisotopic (exact) mass is 262 g/mol. The number of nitrogens with one attached hydrogen (secondary N) is 2. The van der Waals surface area contributed by atoms with Gasteiger partial charge in [-0.05, 0) is 11.3 Å². The van der Waals surface area contributed by atoms with Gasteiger partial charge in [0.1, 0.15) is 0 Å². The number of carbonyl (C=O) groups excluding carboxylic acids is 1. The van der Waals surface area contributed by atoms with Crippen LogP contribution >= 0.6 is 11.8 Å². The molecule has 2 rings (SSSR count). The van der Waals surface area contributed by atoms with E-state index in [2.05, 4.69) is 20.5 Å². The molecule has 0 saturated carbocycles. The molecular weight excluding hydrogens is 248 g/mol. The molecule has 1 amide bonds. The number of carbonyl (C=O) groups is 1. The quantitative estimate of drug-likeness (QED) is 0.809. The Morgan fingerprint density at radius 2 is 2.17 bits per heavy atom. The lowest BCUT2D eigenvalue weighted by Crippen LogP contribution is -2.15. The number of benzene rings is 1. The summed E-state index contributed by atoms with van der Waals surface area (Å²) in [6.45, 7) is 2.02. The van der Waals surface area contributed by atoms with E-state index in [1.807, 2.05) is 37.3 Å². The van der Waals surface area contributed by atoms with E-state index < -0.39 is 0 Å². The summed E-state index contributed by atoms with van der Waals surface area (Å²) in [5.74, 6) is 1.19. The minimum absolute atomic E-state index is 0.106. The maximum absolute atomic E-state index is 11.7. The van der Waals surface area contributed by atoms with Gasteiger partial charge in [-0.1, -0.05) is 49.0 Å². The van der Waals surface area contributed by atoms with Crippen LogP contribution in [0.4, 0.5) is 5.95 Å². The van der Waals surface area contributed by atoms with Gasteiger partial charge in [0.2, 0.25) is 17.0 Å². The third kappa shape index (κ3) is 3.59. The molecule has 2 aromatic rings. The van der Waals surface area contributed by atoms with Crippen molar-refractivity contribution in [1.29, 1.82) is 0 Å². The first kappa shape index (κ1) is 12.6. The smallest absolute Gasteiger partial charge is 0.231 e. The van der Waals surface area contributed by atoms with Gasteiger partial charge in [0.05, 0.1) is 6.42 Å². The summed E-state index contributed by atoms with van der Waals surface area (Å²) < 4.78 is 0. The van der Waals surface area contributed by atoms with Crippen LogP contribution in [0.1, 0.15) is 12.5 Å². The Labute approximate surface area is 109 Å². The number of rotatable bonds is 5. The number of anilines is 1. The molecule has 0 aliphatic carbocycles. The first-order valence-electron chi connectivity index (χ1n) is 5.67. The Morgan fingerprint density at radius 1 is 1.39 bits per heavy atom. The standard InChI is InChI=1S/C12H14N4OS/c1-2-18-12-14-11(15-16-12)13-10(17)8-9-6-4-3-5-7-9/h3-7H,2,8H2,1H3,(H2,13,14,15,16,17). The predicted octanol–water partition coefficient (Wildman–Crippen LogP) is 2.10. The summed E-state index contributed by atoms with van der Waals surface area (Å²) >= 11 is 1.52. The third-order valence-corrected chi connectivity index (χ3v) is 2.93. The van der Waals surface area contributed by atoms with E-state index in [4.69, 9.17) is 0 Å². The molecule has 0 bridgehead atoms. The van der Waals surface area contributed by atoms with Gasteiger partial charge in [0, 0.05) is 0 Å². The van der Waals surface area contributed by atoms with Crippen LogP contribution in [0.15, 0.2) is 35.5 Å². The molecule has 1 aromatic carbocycles. The van der Waals surface area contributed by atoms with Crippen LogP contribution in [0.3, 0.4) is 0 Å². The van der Waals surface area contributed by atoms with Crippen LogP contribution in [-0.2, 0) is 11.2 Å². The van der Waals surface area contributed by atoms with Crippen molar-refractivity contribution in [1.82, 2.24) is 15.2 Å². The van der Waals surface area contributed by atoms with Crippen LogP contribution in [0, 0.1) is 0 Å². The topological polar surface area (TPSA) is 70.7 Å². The normalized spacial score (nSPS) is 10.3. The molecule has 0 fully saturated rings. The van der Waals surface area contributed by atoms with Crippen molar-refractivity contribution in [2.75, 3.05) is 11.1 Å². The summed E-state index contributed by atoms with van der Waals surface area (Å²) in [7, 11) is 0. The van der Waals surface area contributed by atoms with Crippen molar-refractivity contribution >= 4 is 23.6 Å². The van der Waals surface area contributed by atoms with Crippen molar-refractivity contribution < 1.29 is 4.79 Å². The fourth-order valence-corrected chi connectivity index (χ4v) is 1.98. The van der Waals surface area contributed by atoms with E-state index in [-0.39, 0.29) is 5.91 Å². The van der Waals surface area contributed by atoms with E-state index in [0.717, 1.165) is 11.3 Å². The van der Waals surface area contributed by atoms with Gasteiger partial charge in [-0.25, -0.2) is 5.10 Å². The van der Waals surface area contributed by atoms with Gasteiger partial charge in [-0.15, -0.1) is 5.10 Å². The largest absolute Gasteiger partial charge is 0.295 e. The molecule has 0 spiro atoms. The van der Waals surface area contributed by atoms with Crippen LogP contribution in [0.2, 0.25) is 0 Å². The lowest BCUT2D eigenvalue weighted by Gasteiger charge is -2.01. The molecule has 94 valence electrons. The number of amides is 1. The van der Waals surface area contributed by atoms with E-state index in [1.165, 1.54) is 11.8 Å². The Bertz CT molecular complexity index is 512. The highest BCUT2D eigenvalue weighted by Crippen LogP contribution is 2.13. The zero-order valence-electron chi connectivity index (χ0n) is 10.0. The lowest BCUT2D eigenvalue weighted by molar-refractivity contribution is -0.115. The lowest BCUT2D eigenvalue weighted by atomic mass is 10.1. The molecular formula is C12H14N4OS. The SMILES string of the molecule is CCSc1n[nH]c(NC(=O)Cc2ccccc2)n1. The maximum atomic E-state index is 11.7. The number of H-pyrrole nitrogens is 1. The predicted molar refractivity (Wildman–Crippen MR) is 71.6 cm³/mol. The average Bonchev–Trinajstić information content (AvgIpc) is 2.78. The first-order chi connectivity index (χ1) is 8.78. The molecule has 0 radical (unpaired) electrons. The van der Waals surface area contributed by atoms with E-state index in [1.54, 1.807) is 0 Å². The summed E-state index contributed by atoms with van der Waals surface area (Å²) in [5, 5.41) is 10.0. The van der Waals surface area contributed by atoms with Crippen molar-refractivity contribution in [3.05, 3.63) is 35.9 Å². The van der Waals surface area contributed by atoms with Crippen molar-refractivity contribution in [2.24, 2.45) is 0 Å². The molecule has 1 heterocycles. The highest BCUT2D eigenvalue weighted by molar-refractivity contribution is 7.99. The van der Waals surface area contributed by atoms with E-state index >= 15 is 0 Å². The number of hydrogen-bond acceptors (Lipinski definition) is 4. The molecule has 5 nitrogen and oxygen atoms in total. The molecule has 6 heteroatoms. The fourth-order valence-electron chi connectivity index (χ4n) is 1.45. The van der Waals surface area contributed by atoms with Crippen molar-refractivity contribution in [2.45, 2.75) is 18.5 Å². The number of thioether (sulfide) groups is 1. The molecule has 18 heavy (non-hydrogen) atoms. The third-order valence-electron chi connectivity index (χ3n) is 2.20. The molecule has 1 aromatic heterocycles. The number of hydrogen-bond donors (Lipinski definition) is 2. The molecule has 0 unspecified atom stereocenters. The Balaban J connectivity index is 1.90. The second kappa shape index (κ2) is 6.20. The molecule has 2 N–H and O–H groups in total. The summed E-state index contributed by atoms with van der Waals surface area (Å²) in [6, 6.07) is 9.57. The van der Waals surface area contributed by atoms with Gasteiger partial charge in [0.15, 0.2) is 0 Å².